The number of anilines is 2. The van der Waals surface area contributed by atoms with Gasteiger partial charge in [0.1, 0.15) is 5.75 Å². The van der Waals surface area contributed by atoms with Gasteiger partial charge in [0.25, 0.3) is 5.56 Å². The molecule has 0 radical (unpaired) electrons. The van der Waals surface area contributed by atoms with Crippen molar-refractivity contribution >= 4 is 28.7 Å². The number of rotatable bonds is 5. The molecule has 0 unspecified atom stereocenters. The zero-order chi connectivity index (χ0) is 22.7. The molecule has 0 saturated carbocycles. The second-order valence-corrected chi connectivity index (χ2v) is 7.71. The number of hydrogen-bond donors (Lipinski definition) is 1. The number of benzene rings is 1. The number of ether oxygens (including phenoxy) is 1. The molecule has 9 nitrogen and oxygen atoms in total. The minimum Gasteiger partial charge on any atom is -0.425 e. The van der Waals surface area contributed by atoms with Crippen LogP contribution in [0.4, 0.5) is 11.6 Å². The highest BCUT2D eigenvalue weighted by molar-refractivity contribution is 5.88. The third-order valence-electron chi connectivity index (χ3n) is 5.34. The van der Waals surface area contributed by atoms with Crippen LogP contribution >= 0.6 is 0 Å². The van der Waals surface area contributed by atoms with Gasteiger partial charge in [0.2, 0.25) is 11.9 Å². The Morgan fingerprint density at radius 3 is 2.72 bits per heavy atom. The van der Waals surface area contributed by atoms with Crippen molar-refractivity contribution in [3.63, 3.8) is 0 Å². The Kier molecular flexibility index (Phi) is 6.12. The highest BCUT2D eigenvalue weighted by Gasteiger charge is 2.23. The third kappa shape index (κ3) is 4.30. The first-order valence-corrected chi connectivity index (χ1v) is 10.6. The molecule has 1 saturated heterocycles. The molecule has 166 valence electrons. The molecule has 3 aromatic rings. The van der Waals surface area contributed by atoms with Crippen molar-refractivity contribution in [3.8, 4) is 23.6 Å². The lowest BCUT2D eigenvalue weighted by Gasteiger charge is -2.27. The van der Waals surface area contributed by atoms with Crippen LogP contribution in [-0.2, 0) is 18.4 Å². The lowest BCUT2D eigenvalue weighted by molar-refractivity contribution is -0.114. The van der Waals surface area contributed by atoms with Crippen molar-refractivity contribution in [2.75, 3.05) is 23.3 Å². The van der Waals surface area contributed by atoms with Crippen molar-refractivity contribution in [2.24, 2.45) is 7.05 Å². The fraction of sp³-hybridized carbons (Fsp3) is 0.391. The van der Waals surface area contributed by atoms with E-state index >= 15 is 0 Å². The summed E-state index contributed by atoms with van der Waals surface area (Å²) in [6, 6.07) is 7.04. The number of piperidine rings is 1. The number of aromatic nitrogens is 4. The molecule has 0 spiro atoms. The van der Waals surface area contributed by atoms with Crippen LogP contribution in [0, 0.1) is 11.8 Å². The number of nitrogens with zero attached hydrogens (tertiary/aromatic N) is 5. The van der Waals surface area contributed by atoms with Crippen LogP contribution in [-0.4, -0.2) is 38.1 Å². The van der Waals surface area contributed by atoms with Crippen LogP contribution in [0.25, 0.3) is 11.2 Å². The summed E-state index contributed by atoms with van der Waals surface area (Å²) in [7, 11) is 1.62. The van der Waals surface area contributed by atoms with Crippen LogP contribution in [0.2, 0.25) is 0 Å². The Hall–Kier alpha value is -3.80. The van der Waals surface area contributed by atoms with Crippen molar-refractivity contribution in [1.82, 2.24) is 19.1 Å². The molecule has 0 aliphatic carbocycles. The summed E-state index contributed by atoms with van der Waals surface area (Å²) in [6.45, 7) is 5.36. The van der Waals surface area contributed by atoms with Crippen LogP contribution in [0.15, 0.2) is 29.1 Å². The van der Waals surface area contributed by atoms with Crippen LogP contribution in [0.5, 0.6) is 11.8 Å². The molecule has 4 rings (SSSR count). The summed E-state index contributed by atoms with van der Waals surface area (Å²) in [5.41, 5.74) is 1.09. The molecule has 0 atom stereocenters. The normalized spacial score (nSPS) is 13.5. The molecule has 1 aliphatic rings. The standard InChI is InChI=1S/C23H26N6O3/c1-4-5-14-29-19-20(25-22(29)28-12-7-6-8-13-28)26-23(27(3)21(19)31)32-18-11-9-10-17(15-18)24-16(2)30/h9-11,15H,6-8,12-14H2,1-3H3,(H,24,30). The summed E-state index contributed by atoms with van der Waals surface area (Å²) < 4.78 is 9.13. The zero-order valence-electron chi connectivity index (χ0n) is 18.5. The summed E-state index contributed by atoms with van der Waals surface area (Å²) in [4.78, 5) is 36.1. The number of amides is 1. The number of nitrogens with one attached hydrogen (secondary N) is 1. The van der Waals surface area contributed by atoms with E-state index in [1.165, 1.54) is 17.9 Å². The van der Waals surface area contributed by atoms with E-state index in [4.69, 9.17) is 9.72 Å². The van der Waals surface area contributed by atoms with Crippen molar-refractivity contribution in [1.29, 1.82) is 0 Å². The van der Waals surface area contributed by atoms with Crippen LogP contribution in [0.3, 0.4) is 0 Å². The molecule has 1 aromatic carbocycles. The molecule has 2 aromatic heterocycles. The second kappa shape index (κ2) is 9.14. The minimum absolute atomic E-state index is 0.124. The van der Waals surface area contributed by atoms with Gasteiger partial charge in [-0.25, -0.2) is 0 Å². The molecule has 32 heavy (non-hydrogen) atoms. The molecule has 1 amide bonds. The van der Waals surface area contributed by atoms with Gasteiger partial charge >= 0.3 is 6.01 Å². The van der Waals surface area contributed by atoms with Crippen LogP contribution < -0.4 is 20.5 Å². The maximum atomic E-state index is 13.3. The smallest absolute Gasteiger partial charge is 0.306 e. The summed E-state index contributed by atoms with van der Waals surface area (Å²) in [6.07, 6.45) is 3.38. The number of hydrogen-bond acceptors (Lipinski definition) is 6. The number of carbonyl (C=O) groups is 1. The molecule has 1 aliphatic heterocycles. The van der Waals surface area contributed by atoms with Crippen LogP contribution in [0.1, 0.15) is 33.1 Å². The molecule has 0 bridgehead atoms. The topological polar surface area (TPSA) is 94.3 Å². The minimum atomic E-state index is -0.253. The Morgan fingerprint density at radius 1 is 1.22 bits per heavy atom. The molecule has 3 heterocycles. The van der Waals surface area contributed by atoms with E-state index in [9.17, 15) is 9.59 Å². The number of carbonyl (C=O) groups excluding carboxylic acids is 1. The SMILES string of the molecule is CC#CCn1c(N2CCCCC2)nc2nc(Oc3cccc(NC(C)=O)c3)n(C)c(=O)c21. The first kappa shape index (κ1) is 21.4. The zero-order valence-corrected chi connectivity index (χ0v) is 18.5. The van der Waals surface area contributed by atoms with E-state index < -0.39 is 0 Å². The van der Waals surface area contributed by atoms with Gasteiger partial charge in [0, 0.05) is 38.8 Å². The highest BCUT2D eigenvalue weighted by atomic mass is 16.5. The molecule has 1 fully saturated rings. The number of fused-ring (bicyclic) bond motifs is 1. The third-order valence-corrected chi connectivity index (χ3v) is 5.34. The predicted octanol–water partition coefficient (Wildman–Crippen LogP) is 2.89. The average molecular weight is 435 g/mol. The van der Waals surface area contributed by atoms with Gasteiger partial charge in [0.05, 0.1) is 6.54 Å². The first-order chi connectivity index (χ1) is 15.5. The lowest BCUT2D eigenvalue weighted by Crippen LogP contribution is -2.32. The fourth-order valence-electron chi connectivity index (χ4n) is 3.81. The maximum Gasteiger partial charge on any atom is 0.306 e. The quantitative estimate of drug-likeness (QED) is 0.621. The van der Waals surface area contributed by atoms with Gasteiger partial charge in [0.15, 0.2) is 11.2 Å². The van der Waals surface area contributed by atoms with Gasteiger partial charge in [-0.15, -0.1) is 5.92 Å². The van der Waals surface area contributed by atoms with Crippen molar-refractivity contribution in [3.05, 3.63) is 34.6 Å². The van der Waals surface area contributed by atoms with E-state index in [2.05, 4.69) is 27.0 Å². The van der Waals surface area contributed by atoms with Gasteiger partial charge in [-0.05, 0) is 38.3 Å². The second-order valence-electron chi connectivity index (χ2n) is 7.71. The predicted molar refractivity (Wildman–Crippen MR) is 123 cm³/mol. The fourth-order valence-corrected chi connectivity index (χ4v) is 3.81. The van der Waals surface area contributed by atoms with Gasteiger partial charge in [-0.3, -0.25) is 18.7 Å². The Balaban J connectivity index is 1.77. The lowest BCUT2D eigenvalue weighted by atomic mass is 10.1. The van der Waals surface area contributed by atoms with E-state index in [0.717, 1.165) is 31.9 Å². The summed E-state index contributed by atoms with van der Waals surface area (Å²) in [5.74, 6) is 6.93. The van der Waals surface area contributed by atoms with E-state index in [1.807, 2.05) is 4.57 Å². The van der Waals surface area contributed by atoms with Crippen molar-refractivity contribution in [2.45, 2.75) is 39.7 Å². The largest absolute Gasteiger partial charge is 0.425 e. The van der Waals surface area contributed by atoms with E-state index in [0.29, 0.717) is 29.1 Å². The Labute approximate surface area is 186 Å². The molecule has 9 heteroatoms. The van der Waals surface area contributed by atoms with Gasteiger partial charge in [-0.1, -0.05) is 12.0 Å². The number of imidazole rings is 1. The summed E-state index contributed by atoms with van der Waals surface area (Å²) >= 11 is 0. The maximum absolute atomic E-state index is 13.3. The summed E-state index contributed by atoms with van der Waals surface area (Å²) in [5, 5.41) is 2.71. The first-order valence-electron chi connectivity index (χ1n) is 10.6. The molecular weight excluding hydrogens is 408 g/mol. The average Bonchev–Trinajstić information content (AvgIpc) is 3.14. The monoisotopic (exact) mass is 434 g/mol. The Bertz CT molecular complexity index is 1270. The Morgan fingerprint density at radius 2 is 2.00 bits per heavy atom. The van der Waals surface area contributed by atoms with Crippen molar-refractivity contribution < 1.29 is 9.53 Å². The highest BCUT2D eigenvalue weighted by Crippen LogP contribution is 2.26. The van der Waals surface area contributed by atoms with Gasteiger partial charge in [-0.2, -0.15) is 9.97 Å². The molecular formula is C23H26N6O3. The molecule has 1 N–H and O–H groups in total. The van der Waals surface area contributed by atoms with Gasteiger partial charge < -0.3 is 15.0 Å². The van der Waals surface area contributed by atoms with E-state index in [-0.39, 0.29) is 17.5 Å². The van der Waals surface area contributed by atoms with E-state index in [1.54, 1.807) is 38.2 Å².